The second-order valence-electron chi connectivity index (χ2n) is 8.43. The van der Waals surface area contributed by atoms with E-state index < -0.39 is 0 Å². The molecule has 0 bridgehead atoms. The van der Waals surface area contributed by atoms with Gasteiger partial charge in [0.15, 0.2) is 5.65 Å². The van der Waals surface area contributed by atoms with Gasteiger partial charge in [-0.25, -0.2) is 9.78 Å². The van der Waals surface area contributed by atoms with Gasteiger partial charge in [-0.3, -0.25) is 18.7 Å². The van der Waals surface area contributed by atoms with E-state index in [2.05, 4.69) is 15.2 Å². The maximum Gasteiger partial charge on any atom is 0.330 e. The number of nitrogens with zero attached hydrogens (tertiary/aromatic N) is 5. The summed E-state index contributed by atoms with van der Waals surface area (Å²) >= 11 is 0. The first-order valence-electron chi connectivity index (χ1n) is 12.0. The smallest absolute Gasteiger partial charge is 0.330 e. The monoisotopic (exact) mass is 480 g/mol. The number of piperazine rings is 1. The average molecular weight is 481 g/mol. The zero-order chi connectivity index (χ0) is 24.9. The highest BCUT2D eigenvalue weighted by Crippen LogP contribution is 2.22. The number of amides is 2. The number of hydrogen-bond donors (Lipinski definition) is 1. The van der Waals surface area contributed by atoms with E-state index in [9.17, 15) is 14.4 Å². The summed E-state index contributed by atoms with van der Waals surface area (Å²) in [6, 6.07) is 11.4. The van der Waals surface area contributed by atoms with Crippen LogP contribution in [0, 0.1) is 0 Å². The normalized spacial score (nSPS) is 13.8. The zero-order valence-corrected chi connectivity index (χ0v) is 20.5. The number of methoxy groups -OCH3 is 1. The second kappa shape index (κ2) is 10.6. The molecular formula is C25H32N6O4. The molecule has 10 heteroatoms. The lowest BCUT2D eigenvalue weighted by Crippen LogP contribution is -2.48. The van der Waals surface area contributed by atoms with Gasteiger partial charge >= 0.3 is 5.69 Å². The van der Waals surface area contributed by atoms with Gasteiger partial charge in [0.25, 0.3) is 0 Å². The third-order valence-electron chi connectivity index (χ3n) is 6.38. The molecule has 0 radical (unpaired) electrons. The summed E-state index contributed by atoms with van der Waals surface area (Å²) in [5.74, 6) is 0.869. The van der Waals surface area contributed by atoms with Crippen molar-refractivity contribution in [1.29, 1.82) is 0 Å². The highest BCUT2D eigenvalue weighted by atomic mass is 16.5. The quantitative estimate of drug-likeness (QED) is 0.531. The second-order valence-corrected chi connectivity index (χ2v) is 8.43. The standard InChI is InChI=1S/C25H32N6O4/c1-4-30-20-9-10-21(27-24(20)31(5-2)25(30)34)26-22(32)11-12-23(33)29-15-13-28(14-16-29)18-7-6-8-19(17-18)35-3/h6-10,17H,4-5,11-16H2,1-3H3,(H,26,27,32). The number of ether oxygens (including phenoxy) is 1. The number of imidazole rings is 1. The zero-order valence-electron chi connectivity index (χ0n) is 20.5. The number of hydrogen-bond acceptors (Lipinski definition) is 6. The fourth-order valence-electron chi connectivity index (χ4n) is 4.46. The number of nitrogens with one attached hydrogen (secondary N) is 1. The van der Waals surface area contributed by atoms with E-state index in [-0.39, 0.29) is 30.3 Å². The number of carbonyl (C=O) groups is 2. The topological polar surface area (TPSA) is 102 Å². The van der Waals surface area contributed by atoms with Gasteiger partial charge < -0.3 is 19.9 Å². The highest BCUT2D eigenvalue weighted by molar-refractivity contribution is 5.93. The van der Waals surface area contributed by atoms with Crippen LogP contribution in [-0.4, -0.2) is 64.1 Å². The molecular weight excluding hydrogens is 448 g/mol. The van der Waals surface area contributed by atoms with E-state index in [1.54, 1.807) is 28.4 Å². The molecule has 0 saturated carbocycles. The first-order chi connectivity index (χ1) is 16.9. The number of aromatic nitrogens is 3. The van der Waals surface area contributed by atoms with Crippen LogP contribution >= 0.6 is 0 Å². The Labute approximate surface area is 204 Å². The van der Waals surface area contributed by atoms with Crippen LogP contribution in [0.2, 0.25) is 0 Å². The Hall–Kier alpha value is -3.82. The van der Waals surface area contributed by atoms with Crippen LogP contribution in [0.25, 0.3) is 11.2 Å². The molecule has 1 aromatic carbocycles. The van der Waals surface area contributed by atoms with Gasteiger partial charge in [0.2, 0.25) is 11.8 Å². The van der Waals surface area contributed by atoms with Crippen molar-refractivity contribution in [2.45, 2.75) is 39.8 Å². The Balaban J connectivity index is 1.30. The maximum absolute atomic E-state index is 12.7. The molecule has 1 aliphatic heterocycles. The molecule has 0 atom stereocenters. The third kappa shape index (κ3) is 5.16. The van der Waals surface area contributed by atoms with Gasteiger partial charge in [-0.2, -0.15) is 0 Å². The molecule has 3 heterocycles. The fourth-order valence-corrected chi connectivity index (χ4v) is 4.46. The molecule has 4 rings (SSSR count). The minimum atomic E-state index is -0.277. The van der Waals surface area contributed by atoms with Gasteiger partial charge in [0.1, 0.15) is 11.6 Å². The van der Waals surface area contributed by atoms with Gasteiger partial charge in [-0.1, -0.05) is 6.07 Å². The van der Waals surface area contributed by atoms with Gasteiger partial charge in [-0.15, -0.1) is 0 Å². The molecule has 1 N–H and O–H groups in total. The predicted molar refractivity (Wildman–Crippen MR) is 135 cm³/mol. The van der Waals surface area contributed by atoms with Crippen molar-refractivity contribution in [3.05, 3.63) is 46.9 Å². The van der Waals surface area contributed by atoms with E-state index in [0.717, 1.165) is 30.0 Å². The van der Waals surface area contributed by atoms with Crippen LogP contribution in [0.4, 0.5) is 11.5 Å². The Morgan fingerprint density at radius 2 is 1.74 bits per heavy atom. The number of carbonyl (C=O) groups excluding carboxylic acids is 2. The first kappa shape index (κ1) is 24.3. The number of rotatable bonds is 8. The lowest BCUT2D eigenvalue weighted by molar-refractivity contribution is -0.133. The van der Waals surface area contributed by atoms with E-state index in [1.807, 2.05) is 43.0 Å². The van der Waals surface area contributed by atoms with Crippen molar-refractivity contribution in [3.8, 4) is 5.75 Å². The molecule has 1 fully saturated rings. The number of benzene rings is 1. The minimum absolute atomic E-state index is 0.0336. The fraction of sp³-hybridized carbons (Fsp3) is 0.440. The maximum atomic E-state index is 12.7. The van der Waals surface area contributed by atoms with Crippen molar-refractivity contribution < 1.29 is 14.3 Å². The van der Waals surface area contributed by atoms with Crippen LogP contribution < -0.4 is 20.6 Å². The van der Waals surface area contributed by atoms with Gasteiger partial charge in [-0.05, 0) is 38.1 Å². The van der Waals surface area contributed by atoms with E-state index in [4.69, 9.17) is 4.74 Å². The Morgan fingerprint density at radius 3 is 2.43 bits per heavy atom. The summed E-state index contributed by atoms with van der Waals surface area (Å²) < 4.78 is 8.54. The summed E-state index contributed by atoms with van der Waals surface area (Å²) in [6.45, 7) is 7.51. The number of pyridine rings is 1. The SMILES string of the molecule is CCn1c(=O)n(CC)c2nc(NC(=O)CCC(=O)N3CCN(c4cccc(OC)c4)CC3)ccc21. The summed E-state index contributed by atoms with van der Waals surface area (Å²) in [4.78, 5) is 46.2. The van der Waals surface area contributed by atoms with Crippen molar-refractivity contribution in [3.63, 3.8) is 0 Å². The minimum Gasteiger partial charge on any atom is -0.497 e. The van der Waals surface area contributed by atoms with Gasteiger partial charge in [0, 0.05) is 63.9 Å². The molecule has 3 aromatic rings. The van der Waals surface area contributed by atoms with Crippen LogP contribution in [-0.2, 0) is 22.7 Å². The summed E-state index contributed by atoms with van der Waals surface area (Å²) in [5, 5.41) is 2.76. The van der Waals surface area contributed by atoms with Gasteiger partial charge in [0.05, 0.1) is 12.6 Å². The predicted octanol–water partition coefficient (Wildman–Crippen LogP) is 2.31. The van der Waals surface area contributed by atoms with E-state index in [0.29, 0.717) is 37.6 Å². The van der Waals surface area contributed by atoms with Crippen LogP contribution in [0.1, 0.15) is 26.7 Å². The van der Waals surface area contributed by atoms with Crippen LogP contribution in [0.3, 0.4) is 0 Å². The Kier molecular flexibility index (Phi) is 7.38. The molecule has 0 unspecified atom stereocenters. The molecule has 1 saturated heterocycles. The summed E-state index contributed by atoms with van der Waals surface area (Å²) in [6.07, 6.45) is 0.213. The van der Waals surface area contributed by atoms with Crippen molar-refractivity contribution in [2.75, 3.05) is 43.5 Å². The first-order valence-corrected chi connectivity index (χ1v) is 12.0. The third-order valence-corrected chi connectivity index (χ3v) is 6.38. The molecule has 0 spiro atoms. The average Bonchev–Trinajstić information content (AvgIpc) is 3.16. The molecule has 1 aliphatic rings. The largest absolute Gasteiger partial charge is 0.497 e. The van der Waals surface area contributed by atoms with Crippen LogP contribution in [0.5, 0.6) is 5.75 Å². The van der Waals surface area contributed by atoms with Crippen molar-refractivity contribution >= 4 is 34.5 Å². The Morgan fingerprint density at radius 1 is 1.00 bits per heavy atom. The van der Waals surface area contributed by atoms with Crippen molar-refractivity contribution in [1.82, 2.24) is 19.0 Å². The molecule has 10 nitrogen and oxygen atoms in total. The number of aryl methyl sites for hydroxylation is 2. The molecule has 2 amide bonds. The van der Waals surface area contributed by atoms with Crippen LogP contribution in [0.15, 0.2) is 41.2 Å². The molecule has 2 aromatic heterocycles. The van der Waals surface area contributed by atoms with E-state index in [1.165, 1.54) is 0 Å². The lowest BCUT2D eigenvalue weighted by Gasteiger charge is -2.36. The highest BCUT2D eigenvalue weighted by Gasteiger charge is 2.22. The summed E-state index contributed by atoms with van der Waals surface area (Å²) in [5.41, 5.74) is 2.24. The molecule has 186 valence electrons. The summed E-state index contributed by atoms with van der Waals surface area (Å²) in [7, 11) is 1.65. The lowest BCUT2D eigenvalue weighted by atomic mass is 10.2. The molecule has 35 heavy (non-hydrogen) atoms. The molecule has 0 aliphatic carbocycles. The van der Waals surface area contributed by atoms with E-state index >= 15 is 0 Å². The number of fused-ring (bicyclic) bond motifs is 1. The Bertz CT molecular complexity index is 1270. The number of anilines is 2. The van der Waals surface area contributed by atoms with Crippen molar-refractivity contribution in [2.24, 2.45) is 0 Å².